The normalized spacial score (nSPS) is 10.9. The molecule has 0 radical (unpaired) electrons. The Morgan fingerprint density at radius 1 is 1.10 bits per heavy atom. The second kappa shape index (κ2) is 6.45. The van der Waals surface area contributed by atoms with Crippen molar-refractivity contribution in [3.63, 3.8) is 0 Å². The first-order valence-corrected chi connectivity index (χ1v) is 6.23. The Bertz CT molecular complexity index is 696. The molecule has 2 nitrogen and oxygen atoms in total. The first kappa shape index (κ1) is 15.1. The minimum absolute atomic E-state index is 0.0499. The van der Waals surface area contributed by atoms with Gasteiger partial charge in [-0.05, 0) is 30.3 Å². The second-order valence-corrected chi connectivity index (χ2v) is 4.49. The van der Waals surface area contributed by atoms with Crippen LogP contribution in [0.3, 0.4) is 0 Å². The molecule has 0 aromatic heterocycles. The van der Waals surface area contributed by atoms with Gasteiger partial charge in [0.15, 0.2) is 0 Å². The average molecular weight is 312 g/mol. The Morgan fingerprint density at radius 3 is 2.52 bits per heavy atom. The van der Waals surface area contributed by atoms with Crippen LogP contribution in [0.2, 0.25) is 5.02 Å². The molecule has 108 valence electrons. The Morgan fingerprint density at radius 2 is 1.86 bits per heavy atom. The van der Waals surface area contributed by atoms with E-state index in [0.29, 0.717) is 6.07 Å². The summed E-state index contributed by atoms with van der Waals surface area (Å²) in [6, 6.07) is 6.85. The first-order chi connectivity index (χ1) is 9.97. The predicted octanol–water partition coefficient (Wildman–Crippen LogP) is 4.41. The number of nitrogens with one attached hydrogen (secondary N) is 1. The Kier molecular flexibility index (Phi) is 4.65. The molecule has 21 heavy (non-hydrogen) atoms. The van der Waals surface area contributed by atoms with E-state index in [4.69, 9.17) is 11.6 Å². The average Bonchev–Trinajstić information content (AvgIpc) is 2.41. The molecule has 0 atom stereocenters. The lowest BCUT2D eigenvalue weighted by molar-refractivity contribution is -0.111. The van der Waals surface area contributed by atoms with Crippen LogP contribution in [0.5, 0.6) is 0 Å². The molecule has 0 aliphatic carbocycles. The van der Waals surface area contributed by atoms with Crippen LogP contribution in [-0.4, -0.2) is 5.91 Å². The van der Waals surface area contributed by atoms with Crippen LogP contribution in [0.4, 0.5) is 18.9 Å². The summed E-state index contributed by atoms with van der Waals surface area (Å²) < 4.78 is 39.5. The third kappa shape index (κ3) is 3.86. The van der Waals surface area contributed by atoms with E-state index in [-0.39, 0.29) is 16.3 Å². The number of carbonyl (C=O) groups is 1. The highest BCUT2D eigenvalue weighted by Crippen LogP contribution is 2.20. The highest BCUT2D eigenvalue weighted by atomic mass is 35.5. The SMILES string of the molecule is O=C(/C=C/c1c(F)cccc1Cl)Nc1ccc(F)cc1F. The largest absolute Gasteiger partial charge is 0.320 e. The highest BCUT2D eigenvalue weighted by molar-refractivity contribution is 6.32. The molecule has 6 heteroatoms. The minimum Gasteiger partial charge on any atom is -0.320 e. The van der Waals surface area contributed by atoms with Gasteiger partial charge in [0.2, 0.25) is 5.91 Å². The van der Waals surface area contributed by atoms with Crippen LogP contribution in [0.1, 0.15) is 5.56 Å². The van der Waals surface area contributed by atoms with Crippen molar-refractivity contribution in [1.82, 2.24) is 0 Å². The lowest BCUT2D eigenvalue weighted by Crippen LogP contribution is -2.09. The highest BCUT2D eigenvalue weighted by Gasteiger charge is 2.07. The van der Waals surface area contributed by atoms with Crippen molar-refractivity contribution in [1.29, 1.82) is 0 Å². The zero-order valence-corrected chi connectivity index (χ0v) is 11.3. The van der Waals surface area contributed by atoms with Crippen molar-refractivity contribution in [3.8, 4) is 0 Å². The van der Waals surface area contributed by atoms with Gasteiger partial charge in [-0.15, -0.1) is 0 Å². The molecule has 2 rings (SSSR count). The molecule has 0 spiro atoms. The van der Waals surface area contributed by atoms with Crippen molar-refractivity contribution in [2.45, 2.75) is 0 Å². The topological polar surface area (TPSA) is 29.1 Å². The summed E-state index contributed by atoms with van der Waals surface area (Å²) >= 11 is 5.79. The number of halogens is 4. The van der Waals surface area contributed by atoms with Crippen LogP contribution in [0.15, 0.2) is 42.5 Å². The summed E-state index contributed by atoms with van der Waals surface area (Å²) in [4.78, 5) is 11.6. The Labute approximate surface area is 123 Å². The van der Waals surface area contributed by atoms with Crippen LogP contribution in [-0.2, 0) is 4.79 Å². The summed E-state index contributed by atoms with van der Waals surface area (Å²) in [5, 5.41) is 2.36. The van der Waals surface area contributed by atoms with Gasteiger partial charge in [-0.25, -0.2) is 13.2 Å². The third-order valence-corrected chi connectivity index (χ3v) is 2.92. The maximum Gasteiger partial charge on any atom is 0.248 e. The smallest absolute Gasteiger partial charge is 0.248 e. The number of carbonyl (C=O) groups excluding carboxylic acids is 1. The molecule has 0 saturated heterocycles. The standard InChI is InChI=1S/C15H9ClF3NO/c16-11-2-1-3-12(18)10(11)5-7-15(21)20-14-6-4-9(17)8-13(14)19/h1-8H,(H,20,21)/b7-5+. The summed E-state index contributed by atoms with van der Waals surface area (Å²) in [6.45, 7) is 0. The fourth-order valence-corrected chi connectivity index (χ4v) is 1.82. The molecule has 0 aliphatic heterocycles. The zero-order valence-electron chi connectivity index (χ0n) is 10.5. The minimum atomic E-state index is -0.902. The van der Waals surface area contributed by atoms with Gasteiger partial charge in [0.1, 0.15) is 17.5 Å². The van der Waals surface area contributed by atoms with Gasteiger partial charge >= 0.3 is 0 Å². The Balaban J connectivity index is 2.13. The molecule has 0 saturated carbocycles. The van der Waals surface area contributed by atoms with Gasteiger partial charge in [0.25, 0.3) is 0 Å². The van der Waals surface area contributed by atoms with Crippen molar-refractivity contribution in [3.05, 3.63) is 70.5 Å². The molecule has 2 aromatic carbocycles. The van der Waals surface area contributed by atoms with Gasteiger partial charge in [0, 0.05) is 17.7 Å². The van der Waals surface area contributed by atoms with Gasteiger partial charge in [-0.2, -0.15) is 0 Å². The number of benzene rings is 2. The molecular weight excluding hydrogens is 303 g/mol. The number of amides is 1. The molecule has 0 unspecified atom stereocenters. The van der Waals surface area contributed by atoms with Gasteiger partial charge < -0.3 is 5.32 Å². The molecule has 1 amide bonds. The third-order valence-electron chi connectivity index (χ3n) is 2.59. The molecule has 1 N–H and O–H groups in total. The van der Waals surface area contributed by atoms with Crippen LogP contribution in [0, 0.1) is 17.5 Å². The number of hydrogen-bond acceptors (Lipinski definition) is 1. The van der Waals surface area contributed by atoms with E-state index in [1.807, 2.05) is 0 Å². The summed E-state index contributed by atoms with van der Waals surface area (Å²) in [7, 11) is 0. The van der Waals surface area contributed by atoms with Crippen molar-refractivity contribution < 1.29 is 18.0 Å². The Hall–Kier alpha value is -2.27. The van der Waals surface area contributed by atoms with E-state index in [1.165, 1.54) is 24.3 Å². The zero-order chi connectivity index (χ0) is 15.4. The lowest BCUT2D eigenvalue weighted by atomic mass is 10.2. The maximum atomic E-state index is 13.5. The summed E-state index contributed by atoms with van der Waals surface area (Å²) in [5.74, 6) is -2.93. The molecule has 0 heterocycles. The van der Waals surface area contributed by atoms with E-state index < -0.39 is 23.4 Å². The van der Waals surface area contributed by atoms with Crippen LogP contribution < -0.4 is 5.32 Å². The van der Waals surface area contributed by atoms with Crippen LogP contribution in [0.25, 0.3) is 6.08 Å². The van der Waals surface area contributed by atoms with E-state index in [2.05, 4.69) is 5.32 Å². The number of rotatable bonds is 3. The number of hydrogen-bond donors (Lipinski definition) is 1. The molecule has 0 fully saturated rings. The first-order valence-electron chi connectivity index (χ1n) is 5.85. The second-order valence-electron chi connectivity index (χ2n) is 4.08. The maximum absolute atomic E-state index is 13.5. The van der Waals surface area contributed by atoms with E-state index in [9.17, 15) is 18.0 Å². The fraction of sp³-hybridized carbons (Fsp3) is 0. The molecular formula is C15H9ClF3NO. The quantitative estimate of drug-likeness (QED) is 0.836. The fourth-order valence-electron chi connectivity index (χ4n) is 1.59. The lowest BCUT2D eigenvalue weighted by Gasteiger charge is -2.04. The van der Waals surface area contributed by atoms with E-state index >= 15 is 0 Å². The van der Waals surface area contributed by atoms with E-state index in [1.54, 1.807) is 0 Å². The van der Waals surface area contributed by atoms with Gasteiger partial charge in [0.05, 0.1) is 10.7 Å². The predicted molar refractivity (Wildman–Crippen MR) is 75.4 cm³/mol. The summed E-state index contributed by atoms with van der Waals surface area (Å²) in [6.07, 6.45) is 2.18. The van der Waals surface area contributed by atoms with Gasteiger partial charge in [-0.1, -0.05) is 17.7 Å². The van der Waals surface area contributed by atoms with Crippen molar-refractivity contribution >= 4 is 29.3 Å². The monoisotopic (exact) mass is 311 g/mol. The summed E-state index contributed by atoms with van der Waals surface area (Å²) in [5.41, 5.74) is -0.125. The molecule has 0 aliphatic rings. The molecule has 0 bridgehead atoms. The van der Waals surface area contributed by atoms with Gasteiger partial charge in [-0.3, -0.25) is 4.79 Å². The van der Waals surface area contributed by atoms with Crippen molar-refractivity contribution in [2.24, 2.45) is 0 Å². The number of anilines is 1. The molecule has 2 aromatic rings. The van der Waals surface area contributed by atoms with Crippen LogP contribution >= 0.6 is 11.6 Å². The van der Waals surface area contributed by atoms with Crippen molar-refractivity contribution in [2.75, 3.05) is 5.32 Å². The van der Waals surface area contributed by atoms with E-state index in [0.717, 1.165) is 18.2 Å².